The number of unbranched alkanes of at least 4 members (excludes halogenated alkanes) is 1. The second-order valence-electron chi connectivity index (χ2n) is 3.84. The van der Waals surface area contributed by atoms with Crippen molar-refractivity contribution >= 4 is 15.9 Å². The zero-order chi connectivity index (χ0) is 13.6. The molecule has 0 saturated carbocycles. The molecule has 0 aliphatic heterocycles. The van der Waals surface area contributed by atoms with Gasteiger partial charge in [-0.3, -0.25) is 4.79 Å². The molecule has 1 aromatic rings. The number of sulfonamides is 1. The van der Waals surface area contributed by atoms with E-state index in [1.807, 2.05) is 6.92 Å². The Kier molecular flexibility index (Phi) is 5.30. The molecular weight excluding hydrogens is 252 g/mol. The lowest BCUT2D eigenvalue weighted by molar-refractivity contribution is 0.0953. The van der Waals surface area contributed by atoms with E-state index in [-0.39, 0.29) is 10.8 Å². The second-order valence-corrected chi connectivity index (χ2v) is 5.73. The molecule has 18 heavy (non-hydrogen) atoms. The van der Waals surface area contributed by atoms with Gasteiger partial charge in [0.05, 0.1) is 4.90 Å². The van der Waals surface area contributed by atoms with E-state index in [0.29, 0.717) is 12.1 Å². The van der Waals surface area contributed by atoms with E-state index in [1.54, 1.807) is 0 Å². The zero-order valence-corrected chi connectivity index (χ0v) is 11.4. The normalized spacial score (nSPS) is 11.2. The first-order valence-corrected chi connectivity index (χ1v) is 7.31. The lowest BCUT2D eigenvalue weighted by atomic mass is 10.2. The van der Waals surface area contributed by atoms with E-state index in [4.69, 9.17) is 0 Å². The van der Waals surface area contributed by atoms with Crippen molar-refractivity contribution in [3.05, 3.63) is 29.8 Å². The van der Waals surface area contributed by atoms with Gasteiger partial charge < -0.3 is 5.32 Å². The molecule has 0 unspecified atom stereocenters. The molecule has 100 valence electrons. The number of nitrogens with one attached hydrogen (secondary N) is 2. The fourth-order valence-electron chi connectivity index (χ4n) is 1.38. The third kappa shape index (κ3) is 3.82. The minimum atomic E-state index is -3.44. The molecule has 0 saturated heterocycles. The number of rotatable bonds is 6. The van der Waals surface area contributed by atoms with Gasteiger partial charge in [0.15, 0.2) is 0 Å². The number of carbonyl (C=O) groups is 1. The molecule has 0 heterocycles. The highest BCUT2D eigenvalue weighted by molar-refractivity contribution is 7.89. The smallest absolute Gasteiger partial charge is 0.251 e. The Morgan fingerprint density at radius 1 is 1.22 bits per heavy atom. The van der Waals surface area contributed by atoms with Crippen LogP contribution in [-0.2, 0) is 10.0 Å². The van der Waals surface area contributed by atoms with E-state index in [9.17, 15) is 13.2 Å². The predicted octanol–water partition coefficient (Wildman–Crippen LogP) is 1.12. The van der Waals surface area contributed by atoms with Crippen LogP contribution in [0.1, 0.15) is 30.1 Å². The summed E-state index contributed by atoms with van der Waals surface area (Å²) < 4.78 is 25.2. The van der Waals surface area contributed by atoms with E-state index in [2.05, 4.69) is 10.0 Å². The Bertz CT molecular complexity index is 495. The zero-order valence-electron chi connectivity index (χ0n) is 10.6. The summed E-state index contributed by atoms with van der Waals surface area (Å²) >= 11 is 0. The molecule has 0 radical (unpaired) electrons. The maximum Gasteiger partial charge on any atom is 0.251 e. The van der Waals surface area contributed by atoms with Gasteiger partial charge in [0.1, 0.15) is 0 Å². The van der Waals surface area contributed by atoms with Crippen molar-refractivity contribution < 1.29 is 13.2 Å². The largest absolute Gasteiger partial charge is 0.352 e. The van der Waals surface area contributed by atoms with E-state index < -0.39 is 10.0 Å². The van der Waals surface area contributed by atoms with Crippen LogP contribution in [0.5, 0.6) is 0 Å². The molecule has 0 aromatic heterocycles. The average molecular weight is 270 g/mol. The van der Waals surface area contributed by atoms with Gasteiger partial charge in [-0.25, -0.2) is 13.1 Å². The highest BCUT2D eigenvalue weighted by Crippen LogP contribution is 2.10. The lowest BCUT2D eigenvalue weighted by Crippen LogP contribution is -2.24. The van der Waals surface area contributed by atoms with Crippen LogP contribution in [-0.4, -0.2) is 27.9 Å². The van der Waals surface area contributed by atoms with Crippen molar-refractivity contribution in [2.45, 2.75) is 24.7 Å². The number of hydrogen-bond donors (Lipinski definition) is 2. The number of amides is 1. The molecule has 0 aliphatic carbocycles. The van der Waals surface area contributed by atoms with Crippen LogP contribution in [0.4, 0.5) is 0 Å². The maximum absolute atomic E-state index is 11.7. The number of hydrogen-bond acceptors (Lipinski definition) is 3. The number of benzene rings is 1. The SMILES string of the molecule is CCCCNC(=O)c1ccc(S(=O)(=O)NC)cc1. The average Bonchev–Trinajstić information content (AvgIpc) is 2.39. The molecule has 0 fully saturated rings. The third-order valence-corrected chi connectivity index (χ3v) is 3.94. The van der Waals surface area contributed by atoms with Crippen LogP contribution >= 0.6 is 0 Å². The van der Waals surface area contributed by atoms with E-state index >= 15 is 0 Å². The highest BCUT2D eigenvalue weighted by Gasteiger charge is 2.12. The Labute approximate surface area is 108 Å². The van der Waals surface area contributed by atoms with Crippen molar-refractivity contribution in [1.29, 1.82) is 0 Å². The second kappa shape index (κ2) is 6.51. The Balaban J connectivity index is 2.74. The molecule has 2 N–H and O–H groups in total. The topological polar surface area (TPSA) is 75.3 Å². The third-order valence-electron chi connectivity index (χ3n) is 2.51. The van der Waals surface area contributed by atoms with Gasteiger partial charge in [0.2, 0.25) is 10.0 Å². The summed E-state index contributed by atoms with van der Waals surface area (Å²) in [5.41, 5.74) is 0.459. The molecule has 5 nitrogen and oxygen atoms in total. The lowest BCUT2D eigenvalue weighted by Gasteiger charge is -2.06. The molecule has 0 spiro atoms. The molecule has 0 atom stereocenters. The van der Waals surface area contributed by atoms with Gasteiger partial charge >= 0.3 is 0 Å². The first-order valence-electron chi connectivity index (χ1n) is 5.83. The monoisotopic (exact) mass is 270 g/mol. The van der Waals surface area contributed by atoms with Crippen LogP contribution in [0.25, 0.3) is 0 Å². The van der Waals surface area contributed by atoms with Crippen molar-refractivity contribution in [3.8, 4) is 0 Å². The van der Waals surface area contributed by atoms with Crippen LogP contribution in [0.2, 0.25) is 0 Å². The van der Waals surface area contributed by atoms with Gasteiger partial charge in [-0.15, -0.1) is 0 Å². The van der Waals surface area contributed by atoms with E-state index in [0.717, 1.165) is 12.8 Å². The summed E-state index contributed by atoms with van der Waals surface area (Å²) in [7, 11) is -2.10. The fourth-order valence-corrected chi connectivity index (χ4v) is 2.11. The summed E-state index contributed by atoms with van der Waals surface area (Å²) in [4.78, 5) is 11.8. The van der Waals surface area contributed by atoms with E-state index in [1.165, 1.54) is 31.3 Å². The number of carbonyl (C=O) groups excluding carboxylic acids is 1. The van der Waals surface area contributed by atoms with Crippen molar-refractivity contribution in [1.82, 2.24) is 10.0 Å². The molecule has 1 amide bonds. The first kappa shape index (κ1) is 14.7. The van der Waals surface area contributed by atoms with Crippen LogP contribution in [0, 0.1) is 0 Å². The Morgan fingerprint density at radius 3 is 2.33 bits per heavy atom. The summed E-state index contributed by atoms with van der Waals surface area (Å²) in [6.45, 7) is 2.68. The first-order chi connectivity index (χ1) is 8.51. The van der Waals surface area contributed by atoms with Crippen molar-refractivity contribution in [3.63, 3.8) is 0 Å². The maximum atomic E-state index is 11.7. The van der Waals surface area contributed by atoms with Crippen molar-refractivity contribution in [2.24, 2.45) is 0 Å². The molecular formula is C12H18N2O3S. The van der Waals surface area contributed by atoms with Crippen LogP contribution in [0.15, 0.2) is 29.2 Å². The summed E-state index contributed by atoms with van der Waals surface area (Å²) in [5.74, 6) is -0.183. The quantitative estimate of drug-likeness (QED) is 0.761. The predicted molar refractivity (Wildman–Crippen MR) is 69.9 cm³/mol. The molecule has 0 aliphatic rings. The molecule has 6 heteroatoms. The van der Waals surface area contributed by atoms with Gasteiger partial charge in [-0.05, 0) is 37.7 Å². The van der Waals surface area contributed by atoms with Crippen LogP contribution in [0.3, 0.4) is 0 Å². The molecule has 0 bridgehead atoms. The van der Waals surface area contributed by atoms with Crippen LogP contribution < -0.4 is 10.0 Å². The van der Waals surface area contributed by atoms with Gasteiger partial charge in [-0.1, -0.05) is 13.3 Å². The van der Waals surface area contributed by atoms with Gasteiger partial charge in [0, 0.05) is 12.1 Å². The van der Waals surface area contributed by atoms with Gasteiger partial charge in [-0.2, -0.15) is 0 Å². The minimum Gasteiger partial charge on any atom is -0.352 e. The van der Waals surface area contributed by atoms with Crippen molar-refractivity contribution in [2.75, 3.05) is 13.6 Å². The standard InChI is InChI=1S/C12H18N2O3S/c1-3-4-9-14-12(15)10-5-7-11(8-6-10)18(16,17)13-2/h5-8,13H,3-4,9H2,1-2H3,(H,14,15). The molecule has 1 aromatic carbocycles. The summed E-state index contributed by atoms with van der Waals surface area (Å²) in [6.07, 6.45) is 1.94. The molecule has 1 rings (SSSR count). The summed E-state index contributed by atoms with van der Waals surface area (Å²) in [5, 5.41) is 2.77. The van der Waals surface area contributed by atoms with Gasteiger partial charge in [0.25, 0.3) is 5.91 Å². The Morgan fingerprint density at radius 2 is 1.83 bits per heavy atom. The minimum absolute atomic E-state index is 0.148. The summed E-state index contributed by atoms with van der Waals surface area (Å²) in [6, 6.07) is 5.85. The highest BCUT2D eigenvalue weighted by atomic mass is 32.2. The Hall–Kier alpha value is -1.40. The fraction of sp³-hybridized carbons (Fsp3) is 0.417.